The van der Waals surface area contributed by atoms with Crippen molar-refractivity contribution in [1.82, 2.24) is 4.98 Å². The van der Waals surface area contributed by atoms with Gasteiger partial charge in [0.25, 0.3) is 0 Å². The summed E-state index contributed by atoms with van der Waals surface area (Å²) in [7, 11) is 0. The summed E-state index contributed by atoms with van der Waals surface area (Å²) in [5.74, 6) is -0.00350. The third kappa shape index (κ3) is 2.49. The Morgan fingerprint density at radius 1 is 1.25 bits per heavy atom. The van der Waals surface area contributed by atoms with Gasteiger partial charge in [0, 0.05) is 6.20 Å². The summed E-state index contributed by atoms with van der Waals surface area (Å²) in [6.07, 6.45) is 4.12. The zero-order valence-corrected chi connectivity index (χ0v) is 11.3. The van der Waals surface area contributed by atoms with Gasteiger partial charge in [-0.2, -0.15) is 0 Å². The van der Waals surface area contributed by atoms with Crippen LogP contribution in [0.1, 0.15) is 29.2 Å². The monoisotopic (exact) mass is 266 g/mol. The SMILES string of the molecule is NC(Cc1ccccc1)C(=O)C1CCc2cccnc21. The molecule has 0 amide bonds. The topological polar surface area (TPSA) is 56.0 Å². The number of benzene rings is 1. The van der Waals surface area contributed by atoms with Crippen molar-refractivity contribution in [3.05, 3.63) is 65.5 Å². The molecule has 2 unspecified atom stereocenters. The molecule has 3 rings (SSSR count). The number of aryl methyl sites for hydroxylation is 1. The Morgan fingerprint density at radius 3 is 2.85 bits per heavy atom. The highest BCUT2D eigenvalue weighted by atomic mass is 16.1. The second-order valence-corrected chi connectivity index (χ2v) is 5.34. The van der Waals surface area contributed by atoms with Crippen LogP contribution in [0.5, 0.6) is 0 Å². The Kier molecular flexibility index (Phi) is 3.61. The van der Waals surface area contributed by atoms with E-state index in [4.69, 9.17) is 5.73 Å². The zero-order valence-electron chi connectivity index (χ0n) is 11.3. The largest absolute Gasteiger partial charge is 0.321 e. The van der Waals surface area contributed by atoms with Crippen LogP contribution in [0.4, 0.5) is 0 Å². The molecule has 3 heteroatoms. The summed E-state index contributed by atoms with van der Waals surface area (Å²) in [4.78, 5) is 16.9. The molecule has 0 bridgehead atoms. The molecule has 1 heterocycles. The highest BCUT2D eigenvalue weighted by Crippen LogP contribution is 2.32. The number of Topliss-reactive ketones (excluding diaryl/α,β-unsaturated/α-hetero) is 1. The third-order valence-electron chi connectivity index (χ3n) is 3.97. The number of nitrogens with two attached hydrogens (primary N) is 1. The smallest absolute Gasteiger partial charge is 0.158 e. The fourth-order valence-electron chi connectivity index (χ4n) is 2.92. The first kappa shape index (κ1) is 13.0. The van der Waals surface area contributed by atoms with Crippen molar-refractivity contribution in [2.24, 2.45) is 5.73 Å². The van der Waals surface area contributed by atoms with Crippen LogP contribution < -0.4 is 5.73 Å². The number of nitrogens with zero attached hydrogens (tertiary/aromatic N) is 1. The van der Waals surface area contributed by atoms with Crippen molar-refractivity contribution in [3.8, 4) is 0 Å². The van der Waals surface area contributed by atoms with E-state index in [-0.39, 0.29) is 11.7 Å². The molecule has 1 aromatic carbocycles. The van der Waals surface area contributed by atoms with Gasteiger partial charge in [-0.05, 0) is 36.5 Å². The average molecular weight is 266 g/mol. The lowest BCUT2D eigenvalue weighted by Crippen LogP contribution is -2.36. The van der Waals surface area contributed by atoms with Gasteiger partial charge in [0.05, 0.1) is 17.7 Å². The molecule has 0 saturated carbocycles. The highest BCUT2D eigenvalue weighted by molar-refractivity contribution is 5.91. The van der Waals surface area contributed by atoms with Crippen molar-refractivity contribution in [2.45, 2.75) is 31.2 Å². The molecule has 0 spiro atoms. The van der Waals surface area contributed by atoms with Crippen molar-refractivity contribution in [3.63, 3.8) is 0 Å². The second kappa shape index (κ2) is 5.55. The Bertz CT molecular complexity index is 609. The van der Waals surface area contributed by atoms with E-state index in [0.717, 1.165) is 24.1 Å². The van der Waals surface area contributed by atoms with Gasteiger partial charge in [0.1, 0.15) is 0 Å². The molecular formula is C17H18N2O. The number of fused-ring (bicyclic) bond motifs is 1. The predicted octanol–water partition coefficient (Wildman–Crippen LogP) is 2.25. The lowest BCUT2D eigenvalue weighted by molar-refractivity contribution is -0.121. The fourth-order valence-corrected chi connectivity index (χ4v) is 2.92. The summed E-state index contributed by atoms with van der Waals surface area (Å²) in [6.45, 7) is 0. The third-order valence-corrected chi connectivity index (χ3v) is 3.97. The van der Waals surface area contributed by atoms with E-state index < -0.39 is 6.04 Å². The molecule has 2 aromatic rings. The summed E-state index contributed by atoms with van der Waals surface area (Å²) in [6, 6.07) is 13.5. The summed E-state index contributed by atoms with van der Waals surface area (Å²) < 4.78 is 0. The lowest BCUT2D eigenvalue weighted by Gasteiger charge is -2.16. The minimum absolute atomic E-state index is 0.117. The first-order valence-electron chi connectivity index (χ1n) is 7.02. The van der Waals surface area contributed by atoms with Crippen LogP contribution in [0, 0.1) is 0 Å². The van der Waals surface area contributed by atoms with Gasteiger partial charge >= 0.3 is 0 Å². The number of pyridine rings is 1. The van der Waals surface area contributed by atoms with Gasteiger partial charge in [-0.25, -0.2) is 0 Å². The molecule has 0 saturated heterocycles. The van der Waals surface area contributed by atoms with Crippen LogP contribution in [0.15, 0.2) is 48.7 Å². The maximum Gasteiger partial charge on any atom is 0.158 e. The van der Waals surface area contributed by atoms with Crippen molar-refractivity contribution >= 4 is 5.78 Å². The fraction of sp³-hybridized carbons (Fsp3) is 0.294. The first-order chi connectivity index (χ1) is 9.75. The predicted molar refractivity (Wildman–Crippen MR) is 78.4 cm³/mol. The van der Waals surface area contributed by atoms with E-state index >= 15 is 0 Å². The van der Waals surface area contributed by atoms with Crippen LogP contribution in [0.2, 0.25) is 0 Å². The quantitative estimate of drug-likeness (QED) is 0.923. The molecule has 1 aliphatic rings. The maximum absolute atomic E-state index is 12.5. The van der Waals surface area contributed by atoms with E-state index in [9.17, 15) is 4.79 Å². The molecule has 2 atom stereocenters. The maximum atomic E-state index is 12.5. The molecule has 3 nitrogen and oxygen atoms in total. The Balaban J connectivity index is 1.74. The minimum atomic E-state index is -0.449. The van der Waals surface area contributed by atoms with E-state index in [2.05, 4.69) is 11.1 Å². The molecule has 20 heavy (non-hydrogen) atoms. The van der Waals surface area contributed by atoms with E-state index in [1.807, 2.05) is 36.4 Å². The molecule has 0 aliphatic heterocycles. The summed E-state index contributed by atoms with van der Waals surface area (Å²) >= 11 is 0. The Labute approximate surface area is 118 Å². The summed E-state index contributed by atoms with van der Waals surface area (Å²) in [5, 5.41) is 0. The van der Waals surface area contributed by atoms with E-state index in [1.54, 1.807) is 6.20 Å². The standard InChI is InChI=1S/C17H18N2O/c18-15(11-12-5-2-1-3-6-12)17(20)14-9-8-13-7-4-10-19-16(13)14/h1-7,10,14-15H,8-9,11,18H2. The molecule has 1 aromatic heterocycles. The van der Waals surface area contributed by atoms with E-state index in [1.165, 1.54) is 5.56 Å². The number of hydrogen-bond donors (Lipinski definition) is 1. The molecular weight excluding hydrogens is 248 g/mol. The lowest BCUT2D eigenvalue weighted by atomic mass is 9.92. The van der Waals surface area contributed by atoms with Crippen LogP contribution in [-0.2, 0) is 17.6 Å². The minimum Gasteiger partial charge on any atom is -0.321 e. The number of ketones is 1. The van der Waals surface area contributed by atoms with Crippen LogP contribution >= 0.6 is 0 Å². The normalized spacial score (nSPS) is 18.6. The van der Waals surface area contributed by atoms with Gasteiger partial charge in [0.15, 0.2) is 5.78 Å². The number of hydrogen-bond acceptors (Lipinski definition) is 3. The number of carbonyl (C=O) groups excluding carboxylic acids is 1. The Morgan fingerprint density at radius 2 is 2.05 bits per heavy atom. The van der Waals surface area contributed by atoms with Crippen molar-refractivity contribution in [2.75, 3.05) is 0 Å². The van der Waals surface area contributed by atoms with Gasteiger partial charge in [-0.15, -0.1) is 0 Å². The second-order valence-electron chi connectivity index (χ2n) is 5.34. The summed E-state index contributed by atoms with van der Waals surface area (Å²) in [5.41, 5.74) is 9.34. The number of aromatic nitrogens is 1. The number of rotatable bonds is 4. The molecule has 102 valence electrons. The molecule has 2 N–H and O–H groups in total. The Hall–Kier alpha value is -2.00. The first-order valence-corrected chi connectivity index (χ1v) is 7.02. The molecule has 0 fully saturated rings. The number of carbonyl (C=O) groups is 1. The van der Waals surface area contributed by atoms with Crippen LogP contribution in [-0.4, -0.2) is 16.8 Å². The van der Waals surface area contributed by atoms with Gasteiger partial charge < -0.3 is 5.73 Å². The van der Waals surface area contributed by atoms with Crippen LogP contribution in [0.3, 0.4) is 0 Å². The average Bonchev–Trinajstić information content (AvgIpc) is 2.91. The van der Waals surface area contributed by atoms with E-state index in [0.29, 0.717) is 6.42 Å². The zero-order chi connectivity index (χ0) is 13.9. The van der Waals surface area contributed by atoms with Crippen LogP contribution in [0.25, 0.3) is 0 Å². The van der Waals surface area contributed by atoms with Gasteiger partial charge in [0.2, 0.25) is 0 Å². The molecule has 1 aliphatic carbocycles. The van der Waals surface area contributed by atoms with Gasteiger partial charge in [-0.1, -0.05) is 36.4 Å². The van der Waals surface area contributed by atoms with Gasteiger partial charge in [-0.3, -0.25) is 9.78 Å². The van der Waals surface area contributed by atoms with Crippen molar-refractivity contribution in [1.29, 1.82) is 0 Å². The van der Waals surface area contributed by atoms with Crippen molar-refractivity contribution < 1.29 is 4.79 Å². The highest BCUT2D eigenvalue weighted by Gasteiger charge is 2.32. The molecule has 0 radical (unpaired) electrons.